The van der Waals surface area contributed by atoms with E-state index in [4.69, 9.17) is 9.73 Å². The van der Waals surface area contributed by atoms with Crippen molar-refractivity contribution in [2.45, 2.75) is 82.6 Å². The quantitative estimate of drug-likeness (QED) is 0.572. The predicted octanol–water partition coefficient (Wildman–Crippen LogP) is 1.85. The van der Waals surface area contributed by atoms with Crippen LogP contribution in [0.15, 0.2) is 4.99 Å². The van der Waals surface area contributed by atoms with Gasteiger partial charge in [-0.3, -0.25) is 4.99 Å². The summed E-state index contributed by atoms with van der Waals surface area (Å²) in [5.41, 5.74) is 0. The first kappa shape index (κ1) is 18.5. The molecule has 1 saturated carbocycles. The smallest absolute Gasteiger partial charge is 0.191 e. The van der Waals surface area contributed by atoms with Gasteiger partial charge in [-0.2, -0.15) is 0 Å². The summed E-state index contributed by atoms with van der Waals surface area (Å²) in [5, 5.41) is 7.30. The third-order valence-electron chi connectivity index (χ3n) is 6.70. The van der Waals surface area contributed by atoms with E-state index in [9.17, 15) is 8.42 Å². The van der Waals surface area contributed by atoms with Gasteiger partial charge in [0.15, 0.2) is 15.8 Å². The zero-order valence-corrected chi connectivity index (χ0v) is 16.6. The first-order valence-electron chi connectivity index (χ1n) is 10.4. The lowest BCUT2D eigenvalue weighted by molar-refractivity contribution is 0.0991. The molecular formula is C19H33N3O3S. The molecule has 0 spiro atoms. The van der Waals surface area contributed by atoms with Crippen LogP contribution in [0.3, 0.4) is 0 Å². The summed E-state index contributed by atoms with van der Waals surface area (Å²) >= 11 is 0. The van der Waals surface area contributed by atoms with E-state index in [1.807, 2.05) is 0 Å². The summed E-state index contributed by atoms with van der Waals surface area (Å²) in [6, 6.07) is 0.799. The molecule has 4 rings (SSSR count). The summed E-state index contributed by atoms with van der Waals surface area (Å²) in [5.74, 6) is 2.30. The van der Waals surface area contributed by atoms with E-state index < -0.39 is 9.84 Å². The van der Waals surface area contributed by atoms with Gasteiger partial charge in [0, 0.05) is 12.6 Å². The van der Waals surface area contributed by atoms with Crippen molar-refractivity contribution < 1.29 is 13.2 Å². The first-order valence-corrected chi connectivity index (χ1v) is 12.2. The Balaban J connectivity index is 1.40. The first-order chi connectivity index (χ1) is 12.5. The molecule has 3 heterocycles. The van der Waals surface area contributed by atoms with E-state index in [1.165, 1.54) is 32.1 Å². The van der Waals surface area contributed by atoms with Crippen molar-refractivity contribution in [2.24, 2.45) is 16.8 Å². The Kier molecular flexibility index (Phi) is 5.46. The number of aliphatic imine (C=N–C) groups is 1. The zero-order valence-electron chi connectivity index (χ0n) is 15.8. The highest BCUT2D eigenvalue weighted by atomic mass is 32.2. The standard InChI is InChI=1S/C19H33N3O3S/c1-13-4-2-3-5-16(13)21-19(20-11-14-8-9-26(23,24)12-14)22-17-10-15-6-7-18(17)25-15/h13-18H,2-12H2,1H3,(H2,20,21,22). The van der Waals surface area contributed by atoms with Gasteiger partial charge in [-0.25, -0.2) is 8.42 Å². The lowest BCUT2D eigenvalue weighted by Crippen LogP contribution is -2.52. The highest BCUT2D eigenvalue weighted by Crippen LogP contribution is 2.34. The Labute approximate surface area is 157 Å². The van der Waals surface area contributed by atoms with Crippen molar-refractivity contribution in [1.82, 2.24) is 10.6 Å². The Morgan fingerprint density at radius 1 is 1.08 bits per heavy atom. The van der Waals surface area contributed by atoms with Gasteiger partial charge in [0.05, 0.1) is 29.8 Å². The summed E-state index contributed by atoms with van der Waals surface area (Å²) in [6.07, 6.45) is 9.89. The molecule has 148 valence electrons. The molecule has 0 amide bonds. The average Bonchev–Trinajstić information content (AvgIpc) is 3.30. The van der Waals surface area contributed by atoms with Crippen molar-refractivity contribution in [2.75, 3.05) is 18.1 Å². The van der Waals surface area contributed by atoms with Crippen molar-refractivity contribution >= 4 is 15.8 Å². The van der Waals surface area contributed by atoms with Gasteiger partial charge in [0.1, 0.15) is 0 Å². The van der Waals surface area contributed by atoms with Gasteiger partial charge in [-0.1, -0.05) is 19.8 Å². The monoisotopic (exact) mass is 383 g/mol. The summed E-state index contributed by atoms with van der Waals surface area (Å²) in [4.78, 5) is 4.82. The molecule has 4 fully saturated rings. The summed E-state index contributed by atoms with van der Waals surface area (Å²) < 4.78 is 29.4. The molecule has 0 aromatic rings. The van der Waals surface area contributed by atoms with Crippen molar-refractivity contribution in [1.29, 1.82) is 0 Å². The third-order valence-corrected chi connectivity index (χ3v) is 8.53. The molecule has 7 heteroatoms. The van der Waals surface area contributed by atoms with E-state index in [-0.39, 0.29) is 5.92 Å². The van der Waals surface area contributed by atoms with Crippen LogP contribution in [0.2, 0.25) is 0 Å². The zero-order chi connectivity index (χ0) is 18.1. The van der Waals surface area contributed by atoms with Gasteiger partial charge in [0.25, 0.3) is 0 Å². The van der Waals surface area contributed by atoms with Crippen LogP contribution in [-0.4, -0.2) is 56.7 Å². The number of hydrogen-bond acceptors (Lipinski definition) is 4. The van der Waals surface area contributed by atoms with E-state index in [2.05, 4.69) is 17.6 Å². The topological polar surface area (TPSA) is 79.8 Å². The normalized spacial score (nSPS) is 42.1. The molecule has 26 heavy (non-hydrogen) atoms. The molecule has 4 aliphatic rings. The number of ether oxygens (including phenoxy) is 1. The second-order valence-electron chi connectivity index (χ2n) is 8.83. The molecular weight excluding hydrogens is 350 g/mol. The highest BCUT2D eigenvalue weighted by molar-refractivity contribution is 7.91. The number of guanidine groups is 1. The predicted molar refractivity (Wildman–Crippen MR) is 103 cm³/mol. The fourth-order valence-corrected chi connectivity index (χ4v) is 6.89. The lowest BCUT2D eigenvalue weighted by atomic mass is 9.86. The van der Waals surface area contributed by atoms with Crippen LogP contribution >= 0.6 is 0 Å². The number of hydrogen-bond donors (Lipinski definition) is 2. The highest BCUT2D eigenvalue weighted by Gasteiger charge is 2.41. The second-order valence-corrected chi connectivity index (χ2v) is 11.1. The fraction of sp³-hybridized carbons (Fsp3) is 0.947. The fourth-order valence-electron chi connectivity index (χ4n) is 5.04. The molecule has 0 aromatic carbocycles. The van der Waals surface area contributed by atoms with Gasteiger partial charge < -0.3 is 15.4 Å². The minimum Gasteiger partial charge on any atom is -0.373 e. The van der Waals surface area contributed by atoms with Gasteiger partial charge >= 0.3 is 0 Å². The summed E-state index contributed by atoms with van der Waals surface area (Å²) in [6.45, 7) is 2.91. The Bertz CT molecular complexity index is 630. The third kappa shape index (κ3) is 4.35. The van der Waals surface area contributed by atoms with Crippen molar-refractivity contribution in [3.63, 3.8) is 0 Å². The Hall–Kier alpha value is -0.820. The van der Waals surface area contributed by atoms with Crippen LogP contribution in [0.1, 0.15) is 58.3 Å². The molecule has 6 nitrogen and oxygen atoms in total. The molecule has 3 aliphatic heterocycles. The molecule has 6 atom stereocenters. The minimum atomic E-state index is -2.84. The number of nitrogens with one attached hydrogen (secondary N) is 2. The maximum absolute atomic E-state index is 11.7. The molecule has 0 radical (unpaired) electrons. The maximum atomic E-state index is 11.7. The lowest BCUT2D eigenvalue weighted by Gasteiger charge is -2.32. The van der Waals surface area contributed by atoms with E-state index in [1.54, 1.807) is 0 Å². The van der Waals surface area contributed by atoms with Crippen molar-refractivity contribution in [3.8, 4) is 0 Å². The molecule has 2 bridgehead atoms. The van der Waals surface area contributed by atoms with Crippen LogP contribution in [-0.2, 0) is 14.6 Å². The summed E-state index contributed by atoms with van der Waals surface area (Å²) in [7, 11) is -2.84. The minimum absolute atomic E-state index is 0.165. The van der Waals surface area contributed by atoms with Gasteiger partial charge in [0.2, 0.25) is 0 Å². The molecule has 6 unspecified atom stereocenters. The number of fused-ring (bicyclic) bond motifs is 2. The van der Waals surface area contributed by atoms with Gasteiger partial charge in [-0.15, -0.1) is 0 Å². The largest absolute Gasteiger partial charge is 0.373 e. The van der Waals surface area contributed by atoms with Gasteiger partial charge in [-0.05, 0) is 50.4 Å². The number of sulfone groups is 1. The number of rotatable bonds is 4. The molecule has 0 aromatic heterocycles. The second kappa shape index (κ2) is 7.66. The Morgan fingerprint density at radius 2 is 1.88 bits per heavy atom. The van der Waals surface area contributed by atoms with Crippen LogP contribution in [0.5, 0.6) is 0 Å². The molecule has 2 N–H and O–H groups in total. The van der Waals surface area contributed by atoms with Crippen LogP contribution in [0.25, 0.3) is 0 Å². The number of nitrogens with zero attached hydrogens (tertiary/aromatic N) is 1. The van der Waals surface area contributed by atoms with Crippen molar-refractivity contribution in [3.05, 3.63) is 0 Å². The molecule has 3 saturated heterocycles. The van der Waals surface area contributed by atoms with Crippen LogP contribution < -0.4 is 10.6 Å². The van der Waals surface area contributed by atoms with E-state index in [0.29, 0.717) is 48.3 Å². The van der Waals surface area contributed by atoms with E-state index >= 15 is 0 Å². The van der Waals surface area contributed by atoms with E-state index in [0.717, 1.165) is 25.2 Å². The average molecular weight is 384 g/mol. The Morgan fingerprint density at radius 3 is 2.54 bits per heavy atom. The maximum Gasteiger partial charge on any atom is 0.191 e. The van der Waals surface area contributed by atoms with Crippen LogP contribution in [0.4, 0.5) is 0 Å². The SMILES string of the molecule is CC1CCCCC1NC(=NCC1CCS(=O)(=O)C1)NC1CC2CCC1O2. The molecule has 1 aliphatic carbocycles. The van der Waals surface area contributed by atoms with Crippen LogP contribution in [0, 0.1) is 11.8 Å².